The zero-order valence-corrected chi connectivity index (χ0v) is 24.6. The molecule has 3 aromatic carbocycles. The summed E-state index contributed by atoms with van der Waals surface area (Å²) in [6.45, 7) is 5.04. The van der Waals surface area contributed by atoms with E-state index in [-0.39, 0.29) is 23.4 Å². The van der Waals surface area contributed by atoms with Crippen LogP contribution in [0.25, 0.3) is 0 Å². The number of benzene rings is 3. The number of nitrogens with zero attached hydrogens (tertiary/aromatic N) is 2. The zero-order chi connectivity index (χ0) is 27.9. The van der Waals surface area contributed by atoms with Crippen molar-refractivity contribution in [3.8, 4) is 0 Å². The molecule has 0 bridgehead atoms. The summed E-state index contributed by atoms with van der Waals surface area (Å²) in [5.41, 5.74) is 1.03. The second kappa shape index (κ2) is 13.3. The lowest BCUT2D eigenvalue weighted by atomic mass is 10.1. The Hall–Kier alpha value is -2.88. The molecule has 3 aromatic rings. The molecular weight excluding hydrogens is 590 g/mol. The van der Waals surface area contributed by atoms with Crippen LogP contribution in [-0.4, -0.2) is 43.8 Å². The van der Waals surface area contributed by atoms with Crippen LogP contribution in [0.4, 0.5) is 5.69 Å². The molecule has 202 valence electrons. The Bertz CT molecular complexity index is 1370. The van der Waals surface area contributed by atoms with Crippen molar-refractivity contribution in [1.29, 1.82) is 0 Å². The number of hydrogen-bond donors (Lipinski definition) is 1. The summed E-state index contributed by atoms with van der Waals surface area (Å²) in [5.74, 6) is -0.856. The summed E-state index contributed by atoms with van der Waals surface area (Å²) < 4.78 is 29.2. The van der Waals surface area contributed by atoms with Crippen LogP contribution in [0.3, 0.4) is 0 Å². The van der Waals surface area contributed by atoms with Crippen LogP contribution in [0, 0.1) is 0 Å². The molecule has 0 aliphatic carbocycles. The molecule has 3 rings (SSSR count). The van der Waals surface area contributed by atoms with E-state index in [1.165, 1.54) is 17.0 Å². The molecule has 10 heteroatoms. The maximum atomic E-state index is 13.9. The minimum atomic E-state index is -4.10. The van der Waals surface area contributed by atoms with E-state index in [2.05, 4.69) is 21.2 Å². The molecule has 0 saturated heterocycles. The molecule has 0 radical (unpaired) electrons. The fourth-order valence-corrected chi connectivity index (χ4v) is 5.79. The van der Waals surface area contributed by atoms with Crippen molar-refractivity contribution < 1.29 is 18.0 Å². The summed E-state index contributed by atoms with van der Waals surface area (Å²) in [6, 6.07) is 20.7. The van der Waals surface area contributed by atoms with E-state index in [4.69, 9.17) is 11.6 Å². The molecular formula is C28H31BrClN3O4S. The van der Waals surface area contributed by atoms with Crippen LogP contribution < -0.4 is 9.62 Å². The van der Waals surface area contributed by atoms with Gasteiger partial charge in [-0.2, -0.15) is 0 Å². The molecule has 0 fully saturated rings. The minimum Gasteiger partial charge on any atom is -0.352 e. The highest BCUT2D eigenvalue weighted by Gasteiger charge is 2.32. The third-order valence-corrected chi connectivity index (χ3v) is 8.63. The molecule has 2 amide bonds. The Morgan fingerprint density at radius 3 is 2.29 bits per heavy atom. The summed E-state index contributed by atoms with van der Waals surface area (Å²) >= 11 is 9.56. The van der Waals surface area contributed by atoms with Crippen molar-refractivity contribution in [3.63, 3.8) is 0 Å². The van der Waals surface area contributed by atoms with Crippen molar-refractivity contribution in [3.05, 3.63) is 93.9 Å². The quantitative estimate of drug-likeness (QED) is 0.301. The van der Waals surface area contributed by atoms with Crippen molar-refractivity contribution >= 4 is 55.1 Å². The Labute approximate surface area is 238 Å². The lowest BCUT2D eigenvalue weighted by molar-refractivity contribution is -0.139. The molecule has 0 spiro atoms. The largest absolute Gasteiger partial charge is 0.352 e. The van der Waals surface area contributed by atoms with Crippen molar-refractivity contribution in [2.75, 3.05) is 10.8 Å². The summed E-state index contributed by atoms with van der Waals surface area (Å²) in [5, 5.41) is 3.41. The third-order valence-electron chi connectivity index (χ3n) is 6.12. The van der Waals surface area contributed by atoms with Crippen LogP contribution in [0.5, 0.6) is 0 Å². The Kier molecular flexibility index (Phi) is 10.4. The number of carbonyl (C=O) groups is 2. The van der Waals surface area contributed by atoms with E-state index < -0.39 is 28.5 Å². The highest BCUT2D eigenvalue weighted by Crippen LogP contribution is 2.27. The Balaban J connectivity index is 2.02. The van der Waals surface area contributed by atoms with Gasteiger partial charge in [0, 0.05) is 22.1 Å². The van der Waals surface area contributed by atoms with E-state index in [1.54, 1.807) is 73.7 Å². The van der Waals surface area contributed by atoms with Crippen molar-refractivity contribution in [1.82, 2.24) is 10.2 Å². The van der Waals surface area contributed by atoms with Crippen LogP contribution in [-0.2, 0) is 26.2 Å². The third kappa shape index (κ3) is 7.58. The molecule has 1 N–H and O–H groups in total. The van der Waals surface area contributed by atoms with Gasteiger partial charge in [0.2, 0.25) is 11.8 Å². The molecule has 2 atom stereocenters. The maximum Gasteiger partial charge on any atom is 0.264 e. The average Bonchev–Trinajstić information content (AvgIpc) is 2.90. The average molecular weight is 621 g/mol. The predicted octanol–water partition coefficient (Wildman–Crippen LogP) is 5.63. The monoisotopic (exact) mass is 619 g/mol. The van der Waals surface area contributed by atoms with Gasteiger partial charge in [-0.3, -0.25) is 13.9 Å². The van der Waals surface area contributed by atoms with Gasteiger partial charge in [-0.1, -0.05) is 70.9 Å². The number of sulfonamides is 1. The standard InChI is InChI=1S/C28H31BrClN3O4S/c1-4-20(2)31-28(35)21(3)32(18-22-10-8-12-24(30)16-22)27(34)19-33(25-13-9-11-23(29)17-25)38(36,37)26-14-6-5-7-15-26/h5-17,20-21H,4,18-19H2,1-3H3,(H,31,35)/t20-,21+/m1/s1. The van der Waals surface area contributed by atoms with Crippen LogP contribution in [0.2, 0.25) is 5.02 Å². The van der Waals surface area contributed by atoms with E-state index in [0.29, 0.717) is 20.7 Å². The minimum absolute atomic E-state index is 0.0525. The fraction of sp³-hybridized carbons (Fsp3) is 0.286. The van der Waals surface area contributed by atoms with Gasteiger partial charge in [0.25, 0.3) is 10.0 Å². The first kappa shape index (κ1) is 29.7. The number of nitrogens with one attached hydrogen (secondary N) is 1. The van der Waals surface area contributed by atoms with Gasteiger partial charge in [-0.25, -0.2) is 8.42 Å². The van der Waals surface area contributed by atoms with E-state index >= 15 is 0 Å². The van der Waals surface area contributed by atoms with Gasteiger partial charge >= 0.3 is 0 Å². The zero-order valence-electron chi connectivity index (χ0n) is 21.5. The van der Waals surface area contributed by atoms with Crippen LogP contribution in [0.15, 0.2) is 88.2 Å². The first-order valence-corrected chi connectivity index (χ1v) is 14.8. The second-order valence-electron chi connectivity index (χ2n) is 8.95. The molecule has 0 aliphatic rings. The van der Waals surface area contributed by atoms with E-state index in [1.807, 2.05) is 13.8 Å². The van der Waals surface area contributed by atoms with Gasteiger partial charge in [-0.05, 0) is 68.3 Å². The lowest BCUT2D eigenvalue weighted by Gasteiger charge is -2.32. The molecule has 0 unspecified atom stereocenters. The van der Waals surface area contributed by atoms with Crippen molar-refractivity contribution in [2.24, 2.45) is 0 Å². The number of hydrogen-bond acceptors (Lipinski definition) is 4. The lowest BCUT2D eigenvalue weighted by Crippen LogP contribution is -2.52. The second-order valence-corrected chi connectivity index (χ2v) is 12.2. The molecule has 0 aromatic heterocycles. The smallest absolute Gasteiger partial charge is 0.264 e. The predicted molar refractivity (Wildman–Crippen MR) is 154 cm³/mol. The topological polar surface area (TPSA) is 86.8 Å². The van der Waals surface area contributed by atoms with Crippen LogP contribution in [0.1, 0.15) is 32.8 Å². The Morgan fingerprint density at radius 2 is 1.66 bits per heavy atom. The summed E-state index contributed by atoms with van der Waals surface area (Å²) in [4.78, 5) is 28.4. The normalized spacial score (nSPS) is 12.9. The number of amides is 2. The van der Waals surface area contributed by atoms with Crippen molar-refractivity contribution in [2.45, 2.75) is 50.7 Å². The Morgan fingerprint density at radius 1 is 0.974 bits per heavy atom. The van der Waals surface area contributed by atoms with E-state index in [0.717, 1.165) is 10.7 Å². The van der Waals surface area contributed by atoms with Crippen LogP contribution >= 0.6 is 27.5 Å². The number of rotatable bonds is 11. The number of carbonyl (C=O) groups excluding carboxylic acids is 2. The number of anilines is 1. The van der Waals surface area contributed by atoms with Gasteiger partial charge in [0.15, 0.2) is 0 Å². The first-order valence-electron chi connectivity index (χ1n) is 12.2. The maximum absolute atomic E-state index is 13.9. The molecule has 0 aliphatic heterocycles. The summed E-state index contributed by atoms with van der Waals surface area (Å²) in [7, 11) is -4.10. The fourth-order valence-electron chi connectivity index (χ4n) is 3.76. The SMILES string of the molecule is CC[C@@H](C)NC(=O)[C@H](C)N(Cc1cccc(Cl)c1)C(=O)CN(c1cccc(Br)c1)S(=O)(=O)c1ccccc1. The highest BCUT2D eigenvalue weighted by molar-refractivity contribution is 9.10. The number of halogens is 2. The highest BCUT2D eigenvalue weighted by atomic mass is 79.9. The molecule has 38 heavy (non-hydrogen) atoms. The van der Waals surface area contributed by atoms with Gasteiger partial charge in [-0.15, -0.1) is 0 Å². The van der Waals surface area contributed by atoms with Gasteiger partial charge < -0.3 is 10.2 Å². The molecule has 0 heterocycles. The first-order chi connectivity index (χ1) is 18.0. The molecule has 7 nitrogen and oxygen atoms in total. The van der Waals surface area contributed by atoms with E-state index in [9.17, 15) is 18.0 Å². The van der Waals surface area contributed by atoms with Gasteiger partial charge in [0.05, 0.1) is 10.6 Å². The molecule has 0 saturated carbocycles. The van der Waals surface area contributed by atoms with Gasteiger partial charge in [0.1, 0.15) is 12.6 Å². The summed E-state index contributed by atoms with van der Waals surface area (Å²) in [6.07, 6.45) is 0.729.